The number of sulfonamides is 1. The molecule has 2 heterocycles. The summed E-state index contributed by atoms with van der Waals surface area (Å²) < 4.78 is 28.5. The van der Waals surface area contributed by atoms with Crippen LogP contribution in [0.2, 0.25) is 0 Å². The number of amides is 1. The van der Waals surface area contributed by atoms with Crippen LogP contribution in [0.25, 0.3) is 5.69 Å². The van der Waals surface area contributed by atoms with E-state index in [2.05, 4.69) is 15.5 Å². The molecular weight excluding hydrogens is 436 g/mol. The molecule has 0 bridgehead atoms. The maximum absolute atomic E-state index is 12.7. The Morgan fingerprint density at radius 2 is 1.77 bits per heavy atom. The first kappa shape index (κ1) is 21.5. The third-order valence-corrected chi connectivity index (χ3v) is 7.80. The fourth-order valence-electron chi connectivity index (χ4n) is 3.33. The van der Waals surface area contributed by atoms with Gasteiger partial charge in [0, 0.05) is 26.2 Å². The lowest BCUT2D eigenvalue weighted by molar-refractivity contribution is -0.129. The van der Waals surface area contributed by atoms with E-state index < -0.39 is 10.0 Å². The number of piperazine rings is 1. The molecule has 0 radical (unpaired) electrons. The highest BCUT2D eigenvalue weighted by molar-refractivity contribution is 7.99. The molecule has 0 spiro atoms. The smallest absolute Gasteiger partial charge is 0.243 e. The second-order valence-electron chi connectivity index (χ2n) is 7.10. The van der Waals surface area contributed by atoms with Gasteiger partial charge < -0.3 is 4.90 Å². The van der Waals surface area contributed by atoms with Crippen LogP contribution >= 0.6 is 11.8 Å². The second-order valence-corrected chi connectivity index (χ2v) is 9.98. The Balaban J connectivity index is 1.34. The Morgan fingerprint density at radius 1 is 1.03 bits per heavy atom. The van der Waals surface area contributed by atoms with Gasteiger partial charge in [0.25, 0.3) is 0 Å². The molecule has 0 N–H and O–H groups in total. The number of carbonyl (C=O) groups excluding carboxylic acids is 1. The Bertz CT molecular complexity index is 1160. The summed E-state index contributed by atoms with van der Waals surface area (Å²) in [5.74, 6) is 0.109. The van der Waals surface area contributed by atoms with Gasteiger partial charge >= 0.3 is 0 Å². The van der Waals surface area contributed by atoms with E-state index in [0.29, 0.717) is 18.2 Å². The number of aromatic nitrogens is 4. The first-order valence-corrected chi connectivity index (χ1v) is 12.2. The quantitative estimate of drug-likeness (QED) is 0.517. The number of hydrogen-bond acceptors (Lipinski definition) is 7. The standard InChI is InChI=1S/C20H22N6O3S2/c1-16-6-5-7-17(14-16)26-20(21-22-23-26)30-15-19(27)24-10-12-25(13-11-24)31(28,29)18-8-3-2-4-9-18/h2-9,14H,10-13,15H2,1H3. The topological polar surface area (TPSA) is 101 Å². The van der Waals surface area contributed by atoms with Crippen molar-refractivity contribution in [2.24, 2.45) is 0 Å². The van der Waals surface area contributed by atoms with E-state index in [1.165, 1.54) is 16.1 Å². The third-order valence-electron chi connectivity index (χ3n) is 4.98. The van der Waals surface area contributed by atoms with Crippen LogP contribution < -0.4 is 0 Å². The van der Waals surface area contributed by atoms with Crippen molar-refractivity contribution in [3.63, 3.8) is 0 Å². The van der Waals surface area contributed by atoms with Crippen molar-refractivity contribution in [2.45, 2.75) is 17.0 Å². The van der Waals surface area contributed by atoms with Crippen molar-refractivity contribution in [1.82, 2.24) is 29.4 Å². The van der Waals surface area contributed by atoms with Gasteiger partial charge in [0.05, 0.1) is 16.3 Å². The Labute approximate surface area is 185 Å². The van der Waals surface area contributed by atoms with Gasteiger partial charge in [-0.2, -0.15) is 8.99 Å². The predicted molar refractivity (Wildman–Crippen MR) is 116 cm³/mol. The zero-order valence-electron chi connectivity index (χ0n) is 17.0. The lowest BCUT2D eigenvalue weighted by Gasteiger charge is -2.34. The molecule has 9 nitrogen and oxygen atoms in total. The molecular formula is C20H22N6O3S2. The molecule has 1 fully saturated rings. The largest absolute Gasteiger partial charge is 0.339 e. The lowest BCUT2D eigenvalue weighted by atomic mass is 10.2. The van der Waals surface area contributed by atoms with Crippen LogP contribution in [0.15, 0.2) is 64.6 Å². The SMILES string of the molecule is Cc1cccc(-n2nnnc2SCC(=O)N2CCN(S(=O)(=O)c3ccccc3)CC2)c1. The highest BCUT2D eigenvalue weighted by Crippen LogP contribution is 2.21. The van der Waals surface area contributed by atoms with E-state index in [-0.39, 0.29) is 29.6 Å². The third kappa shape index (κ3) is 4.78. The summed E-state index contributed by atoms with van der Waals surface area (Å²) >= 11 is 1.26. The number of hydrogen-bond donors (Lipinski definition) is 0. The number of aryl methyl sites for hydroxylation is 1. The molecule has 0 atom stereocenters. The first-order valence-electron chi connectivity index (χ1n) is 9.76. The molecule has 1 aliphatic rings. The number of nitrogens with zero attached hydrogens (tertiary/aromatic N) is 6. The van der Waals surface area contributed by atoms with Crippen molar-refractivity contribution in [3.8, 4) is 5.69 Å². The number of carbonyl (C=O) groups is 1. The molecule has 11 heteroatoms. The first-order chi connectivity index (χ1) is 14.9. The maximum atomic E-state index is 12.7. The minimum atomic E-state index is -3.54. The highest BCUT2D eigenvalue weighted by atomic mass is 32.2. The average Bonchev–Trinajstić information content (AvgIpc) is 3.27. The fraction of sp³-hybridized carbons (Fsp3) is 0.300. The number of tetrazole rings is 1. The molecule has 4 rings (SSSR count). The van der Waals surface area contributed by atoms with Gasteiger partial charge in [0.2, 0.25) is 21.1 Å². The van der Waals surface area contributed by atoms with Crippen molar-refractivity contribution in [2.75, 3.05) is 31.9 Å². The molecule has 2 aromatic carbocycles. The molecule has 1 saturated heterocycles. The van der Waals surface area contributed by atoms with Gasteiger partial charge in [0.1, 0.15) is 0 Å². The van der Waals surface area contributed by atoms with Crippen molar-refractivity contribution in [1.29, 1.82) is 0 Å². The summed E-state index contributed by atoms with van der Waals surface area (Å²) in [5.41, 5.74) is 1.92. The molecule has 0 aliphatic carbocycles. The molecule has 31 heavy (non-hydrogen) atoms. The maximum Gasteiger partial charge on any atom is 0.243 e. The summed E-state index contributed by atoms with van der Waals surface area (Å²) in [6, 6.07) is 16.1. The fourth-order valence-corrected chi connectivity index (χ4v) is 5.56. The number of rotatable bonds is 6. The van der Waals surface area contributed by atoms with E-state index in [1.807, 2.05) is 31.2 Å². The summed E-state index contributed by atoms with van der Waals surface area (Å²) in [7, 11) is -3.54. The van der Waals surface area contributed by atoms with Crippen LogP contribution in [-0.4, -0.2) is 75.7 Å². The number of thioether (sulfide) groups is 1. The van der Waals surface area contributed by atoms with E-state index in [4.69, 9.17) is 0 Å². The Morgan fingerprint density at radius 3 is 2.48 bits per heavy atom. The van der Waals surface area contributed by atoms with Crippen LogP contribution in [0.4, 0.5) is 0 Å². The van der Waals surface area contributed by atoms with Crippen LogP contribution in [0.1, 0.15) is 5.56 Å². The molecule has 3 aromatic rings. The monoisotopic (exact) mass is 458 g/mol. The highest BCUT2D eigenvalue weighted by Gasteiger charge is 2.30. The summed E-state index contributed by atoms with van der Waals surface area (Å²) in [5, 5.41) is 12.3. The number of benzene rings is 2. The Hall–Kier alpha value is -2.76. The van der Waals surface area contributed by atoms with Gasteiger partial charge in [-0.25, -0.2) is 8.42 Å². The minimum absolute atomic E-state index is 0.0689. The second kappa shape index (κ2) is 9.16. The zero-order chi connectivity index (χ0) is 21.8. The lowest BCUT2D eigenvalue weighted by Crippen LogP contribution is -2.50. The summed E-state index contributed by atoms with van der Waals surface area (Å²) in [6.45, 7) is 3.24. The molecule has 1 aromatic heterocycles. The van der Waals surface area contributed by atoms with E-state index in [9.17, 15) is 13.2 Å². The molecule has 162 valence electrons. The van der Waals surface area contributed by atoms with Gasteiger partial charge in [-0.15, -0.1) is 5.10 Å². The minimum Gasteiger partial charge on any atom is -0.339 e. The molecule has 0 saturated carbocycles. The molecule has 1 aliphatic heterocycles. The van der Waals surface area contributed by atoms with Crippen LogP contribution in [0.3, 0.4) is 0 Å². The van der Waals surface area contributed by atoms with Gasteiger partial charge in [-0.1, -0.05) is 42.1 Å². The van der Waals surface area contributed by atoms with Crippen molar-refractivity contribution in [3.05, 3.63) is 60.2 Å². The van der Waals surface area contributed by atoms with E-state index in [1.54, 1.807) is 39.9 Å². The summed E-state index contributed by atoms with van der Waals surface area (Å²) in [4.78, 5) is 14.6. The normalized spacial score (nSPS) is 15.2. The van der Waals surface area contributed by atoms with Crippen molar-refractivity contribution < 1.29 is 13.2 Å². The molecule has 0 unspecified atom stereocenters. The average molecular weight is 459 g/mol. The summed E-state index contributed by atoms with van der Waals surface area (Å²) in [6.07, 6.45) is 0. The van der Waals surface area contributed by atoms with E-state index >= 15 is 0 Å². The van der Waals surface area contributed by atoms with Crippen LogP contribution in [-0.2, 0) is 14.8 Å². The predicted octanol–water partition coefficient (Wildman–Crippen LogP) is 1.60. The Kier molecular flexibility index (Phi) is 6.35. The van der Waals surface area contributed by atoms with Crippen LogP contribution in [0, 0.1) is 6.92 Å². The van der Waals surface area contributed by atoms with Crippen LogP contribution in [0.5, 0.6) is 0 Å². The van der Waals surface area contributed by atoms with Crippen molar-refractivity contribution >= 4 is 27.7 Å². The molecule has 1 amide bonds. The van der Waals surface area contributed by atoms with Gasteiger partial charge in [-0.3, -0.25) is 4.79 Å². The zero-order valence-corrected chi connectivity index (χ0v) is 18.6. The van der Waals surface area contributed by atoms with E-state index in [0.717, 1.165) is 11.3 Å². The van der Waals surface area contributed by atoms with Gasteiger partial charge in [0.15, 0.2) is 0 Å². The van der Waals surface area contributed by atoms with Gasteiger partial charge in [-0.05, 0) is 47.2 Å².